The fourth-order valence-corrected chi connectivity index (χ4v) is 1.61. The molecule has 0 unspecified atom stereocenters. The average Bonchev–Trinajstić information content (AvgIpc) is 2.41. The summed E-state index contributed by atoms with van der Waals surface area (Å²) < 4.78 is 1.01. The first-order valence-electron chi connectivity index (χ1n) is 5.51. The number of nitrogens with zero attached hydrogens (tertiary/aromatic N) is 4. The molecule has 1 aromatic heterocycles. The van der Waals surface area contributed by atoms with Crippen LogP contribution in [0, 0.1) is 0 Å². The van der Waals surface area contributed by atoms with E-state index in [4.69, 9.17) is 5.84 Å². The first kappa shape index (κ1) is 13.5. The van der Waals surface area contributed by atoms with Crippen molar-refractivity contribution in [2.75, 3.05) is 29.7 Å². The van der Waals surface area contributed by atoms with Crippen LogP contribution >= 0.6 is 15.9 Å². The molecule has 100 valence electrons. The molecule has 4 N–H and O–H groups in total. The normalized spacial score (nSPS) is 10.1. The molecule has 0 aliphatic carbocycles. The molecule has 0 spiro atoms. The third-order valence-corrected chi connectivity index (χ3v) is 2.78. The number of halogens is 1. The summed E-state index contributed by atoms with van der Waals surface area (Å²) in [6.45, 7) is 0. The number of anilines is 4. The summed E-state index contributed by atoms with van der Waals surface area (Å²) in [6, 6.07) is 7.69. The Morgan fingerprint density at radius 2 is 1.68 bits per heavy atom. The molecule has 0 aliphatic rings. The number of benzene rings is 1. The van der Waals surface area contributed by atoms with E-state index in [1.54, 1.807) is 4.90 Å². The molecule has 19 heavy (non-hydrogen) atoms. The summed E-state index contributed by atoms with van der Waals surface area (Å²) in [5.74, 6) is 6.59. The van der Waals surface area contributed by atoms with Gasteiger partial charge >= 0.3 is 0 Å². The van der Waals surface area contributed by atoms with E-state index >= 15 is 0 Å². The van der Waals surface area contributed by atoms with Crippen molar-refractivity contribution in [2.24, 2.45) is 5.84 Å². The first-order valence-corrected chi connectivity index (χ1v) is 6.30. The van der Waals surface area contributed by atoms with E-state index in [1.807, 2.05) is 38.4 Å². The zero-order valence-electron chi connectivity index (χ0n) is 10.6. The molecule has 7 nitrogen and oxygen atoms in total. The highest BCUT2D eigenvalue weighted by atomic mass is 79.9. The topological polar surface area (TPSA) is 92.0 Å². The van der Waals surface area contributed by atoms with Crippen molar-refractivity contribution < 1.29 is 0 Å². The van der Waals surface area contributed by atoms with Crippen LogP contribution in [0.15, 0.2) is 28.7 Å². The second-order valence-corrected chi connectivity index (χ2v) is 4.87. The Kier molecular flexibility index (Phi) is 4.13. The molecule has 2 rings (SSSR count). The molecule has 0 bridgehead atoms. The maximum atomic E-state index is 5.35. The van der Waals surface area contributed by atoms with Crippen molar-refractivity contribution in [1.82, 2.24) is 15.0 Å². The van der Waals surface area contributed by atoms with Gasteiger partial charge in [-0.05, 0) is 24.3 Å². The fraction of sp³-hybridized carbons (Fsp3) is 0.182. The van der Waals surface area contributed by atoms with Crippen LogP contribution < -0.4 is 21.5 Å². The van der Waals surface area contributed by atoms with E-state index in [1.165, 1.54) is 0 Å². The number of hydrazine groups is 1. The quantitative estimate of drug-likeness (QED) is 0.583. The second kappa shape index (κ2) is 5.81. The lowest BCUT2D eigenvalue weighted by atomic mass is 10.3. The Morgan fingerprint density at radius 3 is 2.26 bits per heavy atom. The molecule has 0 fully saturated rings. The van der Waals surface area contributed by atoms with Gasteiger partial charge in [0.15, 0.2) is 0 Å². The van der Waals surface area contributed by atoms with E-state index in [0.717, 1.165) is 10.2 Å². The first-order chi connectivity index (χ1) is 9.08. The highest BCUT2D eigenvalue weighted by Gasteiger charge is 2.07. The van der Waals surface area contributed by atoms with Crippen LogP contribution in [0.5, 0.6) is 0 Å². The van der Waals surface area contributed by atoms with Crippen molar-refractivity contribution in [1.29, 1.82) is 0 Å². The molecular formula is C11H14BrN7. The monoisotopic (exact) mass is 323 g/mol. The number of hydrogen-bond donors (Lipinski definition) is 3. The van der Waals surface area contributed by atoms with Crippen LogP contribution in [0.1, 0.15) is 0 Å². The minimum atomic E-state index is 0.304. The molecular weight excluding hydrogens is 310 g/mol. The van der Waals surface area contributed by atoms with Crippen LogP contribution in [-0.2, 0) is 0 Å². The minimum Gasteiger partial charge on any atom is -0.347 e. The number of nitrogens with one attached hydrogen (secondary N) is 2. The van der Waals surface area contributed by atoms with Crippen molar-refractivity contribution in [3.8, 4) is 0 Å². The minimum absolute atomic E-state index is 0.304. The number of rotatable bonds is 4. The molecule has 1 aromatic carbocycles. The standard InChI is InChI=1S/C11H14BrN7/c1-19(2)11-16-9(15-10(17-11)18-13)14-8-5-3-7(12)4-6-8/h3-6H,13H2,1-2H3,(H2,14,15,16,17,18). The van der Waals surface area contributed by atoms with E-state index in [0.29, 0.717) is 17.8 Å². The number of aromatic nitrogens is 3. The van der Waals surface area contributed by atoms with Gasteiger partial charge in [-0.25, -0.2) is 5.84 Å². The predicted octanol–water partition coefficient (Wildman–Crippen LogP) is 1.73. The summed E-state index contributed by atoms with van der Waals surface area (Å²) in [4.78, 5) is 14.3. The van der Waals surface area contributed by atoms with Gasteiger partial charge in [0.2, 0.25) is 17.8 Å². The zero-order valence-corrected chi connectivity index (χ0v) is 12.1. The molecule has 0 atom stereocenters. The molecule has 2 aromatic rings. The van der Waals surface area contributed by atoms with Gasteiger partial charge in [0.25, 0.3) is 0 Å². The second-order valence-electron chi connectivity index (χ2n) is 3.95. The number of nitrogens with two attached hydrogens (primary N) is 1. The van der Waals surface area contributed by atoms with Crippen molar-refractivity contribution >= 4 is 39.5 Å². The smallest absolute Gasteiger partial charge is 0.243 e. The van der Waals surface area contributed by atoms with E-state index in [-0.39, 0.29) is 0 Å². The summed E-state index contributed by atoms with van der Waals surface area (Å²) >= 11 is 3.38. The largest absolute Gasteiger partial charge is 0.347 e. The molecule has 8 heteroatoms. The third kappa shape index (κ3) is 3.52. The van der Waals surface area contributed by atoms with Crippen LogP contribution in [0.2, 0.25) is 0 Å². The van der Waals surface area contributed by atoms with Gasteiger partial charge < -0.3 is 10.2 Å². The predicted molar refractivity (Wildman–Crippen MR) is 79.4 cm³/mol. The lowest BCUT2D eigenvalue weighted by molar-refractivity contribution is 0.957. The highest BCUT2D eigenvalue weighted by molar-refractivity contribution is 9.10. The summed E-state index contributed by atoms with van der Waals surface area (Å²) in [5, 5.41) is 3.10. The maximum Gasteiger partial charge on any atom is 0.243 e. The van der Waals surface area contributed by atoms with Crippen LogP contribution in [-0.4, -0.2) is 29.0 Å². The van der Waals surface area contributed by atoms with Crippen LogP contribution in [0.3, 0.4) is 0 Å². The van der Waals surface area contributed by atoms with E-state index in [2.05, 4.69) is 41.6 Å². The highest BCUT2D eigenvalue weighted by Crippen LogP contribution is 2.18. The Hall–Kier alpha value is -1.93. The Balaban J connectivity index is 2.28. The van der Waals surface area contributed by atoms with Crippen molar-refractivity contribution in [3.05, 3.63) is 28.7 Å². The van der Waals surface area contributed by atoms with Crippen LogP contribution in [0.25, 0.3) is 0 Å². The summed E-state index contributed by atoms with van der Waals surface area (Å²) in [7, 11) is 3.69. The fourth-order valence-electron chi connectivity index (χ4n) is 1.35. The molecule has 0 saturated carbocycles. The maximum absolute atomic E-state index is 5.35. The number of hydrogen-bond acceptors (Lipinski definition) is 7. The van der Waals surface area contributed by atoms with Gasteiger partial charge in [-0.2, -0.15) is 15.0 Å². The zero-order chi connectivity index (χ0) is 13.8. The molecule has 0 aliphatic heterocycles. The summed E-state index contributed by atoms with van der Waals surface area (Å²) in [6.07, 6.45) is 0. The van der Waals surface area contributed by atoms with Gasteiger partial charge in [-0.3, -0.25) is 5.43 Å². The van der Waals surface area contributed by atoms with E-state index < -0.39 is 0 Å². The molecule has 1 heterocycles. The van der Waals surface area contributed by atoms with Gasteiger partial charge in [0.1, 0.15) is 0 Å². The van der Waals surface area contributed by atoms with Gasteiger partial charge in [-0.15, -0.1) is 0 Å². The van der Waals surface area contributed by atoms with Gasteiger partial charge in [-0.1, -0.05) is 15.9 Å². The summed E-state index contributed by atoms with van der Waals surface area (Å²) in [5.41, 5.74) is 3.30. The van der Waals surface area contributed by atoms with Crippen molar-refractivity contribution in [2.45, 2.75) is 0 Å². The molecule has 0 radical (unpaired) electrons. The Morgan fingerprint density at radius 1 is 1.05 bits per heavy atom. The van der Waals surface area contributed by atoms with E-state index in [9.17, 15) is 0 Å². The third-order valence-electron chi connectivity index (χ3n) is 2.25. The average molecular weight is 324 g/mol. The lowest BCUT2D eigenvalue weighted by Crippen LogP contribution is -2.18. The Labute approximate surface area is 119 Å². The lowest BCUT2D eigenvalue weighted by Gasteiger charge is -2.13. The Bertz CT molecular complexity index is 555. The SMILES string of the molecule is CN(C)c1nc(NN)nc(Nc2ccc(Br)cc2)n1. The molecule has 0 amide bonds. The van der Waals surface area contributed by atoms with Crippen molar-refractivity contribution in [3.63, 3.8) is 0 Å². The molecule has 0 saturated heterocycles. The van der Waals surface area contributed by atoms with Crippen LogP contribution in [0.4, 0.5) is 23.5 Å². The number of nitrogen functional groups attached to an aromatic ring is 1. The van der Waals surface area contributed by atoms with Gasteiger partial charge in [0, 0.05) is 24.3 Å². The van der Waals surface area contributed by atoms with Gasteiger partial charge in [0.05, 0.1) is 0 Å².